The van der Waals surface area contributed by atoms with Crippen molar-refractivity contribution in [2.24, 2.45) is 5.92 Å². The number of carbonyl (C=O) groups excluding carboxylic acids is 2. The van der Waals surface area contributed by atoms with Crippen LogP contribution in [-0.4, -0.2) is 90.3 Å². The summed E-state index contributed by atoms with van der Waals surface area (Å²) in [6, 6.07) is 1.08. The molecule has 28 heavy (non-hydrogen) atoms. The predicted octanol–water partition coefficient (Wildman–Crippen LogP) is 2.34. The summed E-state index contributed by atoms with van der Waals surface area (Å²) in [7, 11) is 0. The summed E-state index contributed by atoms with van der Waals surface area (Å²) < 4.78 is 11.0. The lowest BCUT2D eigenvalue weighted by Gasteiger charge is -2.51. The van der Waals surface area contributed by atoms with Crippen LogP contribution < -0.4 is 0 Å². The monoisotopic (exact) mass is 395 g/mol. The van der Waals surface area contributed by atoms with Crippen LogP contribution in [0.1, 0.15) is 53.4 Å². The number of hydrogen-bond acceptors (Lipinski definition) is 5. The van der Waals surface area contributed by atoms with Crippen molar-refractivity contribution < 1.29 is 19.1 Å². The molecule has 0 spiro atoms. The largest absolute Gasteiger partial charge is 0.450 e. The smallest absolute Gasteiger partial charge is 0.410 e. The van der Waals surface area contributed by atoms with Gasteiger partial charge < -0.3 is 19.3 Å². The average molecular weight is 396 g/mol. The van der Waals surface area contributed by atoms with Gasteiger partial charge in [0.1, 0.15) is 0 Å². The molecule has 7 nitrogen and oxygen atoms in total. The van der Waals surface area contributed by atoms with Gasteiger partial charge >= 0.3 is 6.09 Å². The summed E-state index contributed by atoms with van der Waals surface area (Å²) in [5.74, 6) is 0.690. The third-order valence-corrected chi connectivity index (χ3v) is 6.40. The number of ether oxygens (including phenoxy) is 2. The van der Waals surface area contributed by atoms with Crippen LogP contribution in [0.5, 0.6) is 0 Å². The molecule has 3 aliphatic rings. The van der Waals surface area contributed by atoms with Crippen molar-refractivity contribution in [3.63, 3.8) is 0 Å². The third-order valence-electron chi connectivity index (χ3n) is 6.40. The number of likely N-dealkylation sites (tertiary alicyclic amines) is 1. The van der Waals surface area contributed by atoms with Crippen molar-refractivity contribution >= 4 is 12.0 Å². The molecule has 0 saturated carbocycles. The summed E-state index contributed by atoms with van der Waals surface area (Å²) in [4.78, 5) is 31.0. The second-order valence-corrected chi connectivity index (χ2v) is 8.91. The zero-order valence-corrected chi connectivity index (χ0v) is 17.9. The van der Waals surface area contributed by atoms with Crippen LogP contribution >= 0.6 is 0 Å². The minimum absolute atomic E-state index is 0.115. The van der Waals surface area contributed by atoms with Gasteiger partial charge in [0.25, 0.3) is 0 Å². The van der Waals surface area contributed by atoms with E-state index in [9.17, 15) is 9.59 Å². The molecule has 3 saturated heterocycles. The van der Waals surface area contributed by atoms with Gasteiger partial charge in [-0.25, -0.2) is 4.79 Å². The van der Waals surface area contributed by atoms with Gasteiger partial charge in [-0.1, -0.05) is 13.8 Å². The van der Waals surface area contributed by atoms with Crippen molar-refractivity contribution in [2.45, 2.75) is 77.5 Å². The highest BCUT2D eigenvalue weighted by Crippen LogP contribution is 2.33. The van der Waals surface area contributed by atoms with E-state index in [4.69, 9.17) is 9.47 Å². The highest BCUT2D eigenvalue weighted by molar-refractivity contribution is 5.73. The molecule has 0 aromatic rings. The Morgan fingerprint density at radius 2 is 1.71 bits per heavy atom. The molecule has 7 heteroatoms. The van der Waals surface area contributed by atoms with E-state index < -0.39 is 0 Å². The van der Waals surface area contributed by atoms with Crippen molar-refractivity contribution in [3.05, 3.63) is 0 Å². The number of piperidine rings is 2. The molecule has 2 amide bonds. The lowest BCUT2D eigenvalue weighted by Crippen LogP contribution is -2.63. The molecule has 160 valence electrons. The zero-order chi connectivity index (χ0) is 20.3. The molecule has 0 radical (unpaired) electrons. The highest BCUT2D eigenvalue weighted by Gasteiger charge is 2.44. The lowest BCUT2D eigenvalue weighted by molar-refractivity contribution is -0.133. The molecule has 0 aromatic carbocycles. The second-order valence-electron chi connectivity index (χ2n) is 8.91. The number of carbonyl (C=O) groups is 2. The van der Waals surface area contributed by atoms with Crippen molar-refractivity contribution in [1.29, 1.82) is 0 Å². The van der Waals surface area contributed by atoms with E-state index in [1.54, 1.807) is 6.92 Å². The van der Waals surface area contributed by atoms with Crippen LogP contribution in [0, 0.1) is 5.92 Å². The Balaban J connectivity index is 1.57. The van der Waals surface area contributed by atoms with E-state index >= 15 is 0 Å². The molecule has 2 atom stereocenters. The van der Waals surface area contributed by atoms with Crippen molar-refractivity contribution in [1.82, 2.24) is 14.7 Å². The SMILES string of the molecule is CCOC(=O)N1C2COCC1CC(N1CCC(N(CC(C)C)C(C)=O)CC1)C2. The Morgan fingerprint density at radius 1 is 1.11 bits per heavy atom. The predicted molar refractivity (Wildman–Crippen MR) is 107 cm³/mol. The summed E-state index contributed by atoms with van der Waals surface area (Å²) in [6.07, 6.45) is 3.78. The first kappa shape index (κ1) is 21.4. The van der Waals surface area contributed by atoms with Crippen LogP contribution in [0.2, 0.25) is 0 Å². The van der Waals surface area contributed by atoms with E-state index in [-0.39, 0.29) is 24.1 Å². The molecular weight excluding hydrogens is 358 g/mol. The van der Waals surface area contributed by atoms with Gasteiger partial charge in [0, 0.05) is 38.6 Å². The fourth-order valence-electron chi connectivity index (χ4n) is 5.17. The summed E-state index contributed by atoms with van der Waals surface area (Å²) in [5.41, 5.74) is 0. The van der Waals surface area contributed by atoms with Gasteiger partial charge in [-0.05, 0) is 38.5 Å². The van der Waals surface area contributed by atoms with E-state index in [0.717, 1.165) is 45.3 Å². The van der Waals surface area contributed by atoms with Crippen LogP contribution in [-0.2, 0) is 14.3 Å². The molecule has 0 aliphatic carbocycles. The van der Waals surface area contributed by atoms with E-state index in [2.05, 4.69) is 23.6 Å². The van der Waals surface area contributed by atoms with Gasteiger partial charge in [-0.15, -0.1) is 0 Å². The summed E-state index contributed by atoms with van der Waals surface area (Å²) >= 11 is 0. The van der Waals surface area contributed by atoms with Crippen LogP contribution in [0.15, 0.2) is 0 Å². The van der Waals surface area contributed by atoms with Crippen LogP contribution in [0.3, 0.4) is 0 Å². The maximum absolute atomic E-state index is 12.4. The normalized spacial score (nSPS) is 29.0. The van der Waals surface area contributed by atoms with Crippen LogP contribution in [0.4, 0.5) is 4.79 Å². The van der Waals surface area contributed by atoms with Crippen molar-refractivity contribution in [3.8, 4) is 0 Å². The van der Waals surface area contributed by atoms with Crippen molar-refractivity contribution in [2.75, 3.05) is 39.5 Å². The first-order valence-electron chi connectivity index (χ1n) is 10.9. The minimum atomic E-state index is -0.191. The molecule has 2 bridgehead atoms. The molecule has 3 fully saturated rings. The number of fused-ring (bicyclic) bond motifs is 2. The average Bonchev–Trinajstić information content (AvgIpc) is 2.65. The first-order valence-corrected chi connectivity index (χ1v) is 10.9. The van der Waals surface area contributed by atoms with E-state index in [0.29, 0.717) is 37.8 Å². The Hall–Kier alpha value is -1.34. The standard InChI is InChI=1S/C21H37N3O4/c1-5-28-21(26)24-19-10-18(11-20(24)14-27-13-19)22-8-6-17(7-9-22)23(16(4)25)12-15(2)3/h15,17-20H,5-14H2,1-4H3. The summed E-state index contributed by atoms with van der Waals surface area (Å²) in [6.45, 7) is 12.4. The first-order chi connectivity index (χ1) is 13.4. The molecule has 3 aliphatic heterocycles. The Labute approximate surface area is 169 Å². The Kier molecular flexibility index (Phi) is 7.20. The van der Waals surface area contributed by atoms with Gasteiger partial charge in [0.05, 0.1) is 31.9 Å². The summed E-state index contributed by atoms with van der Waals surface area (Å²) in [5, 5.41) is 0. The number of rotatable bonds is 5. The number of amides is 2. The van der Waals surface area contributed by atoms with Gasteiger partial charge in [0.15, 0.2) is 0 Å². The highest BCUT2D eigenvalue weighted by atomic mass is 16.6. The number of hydrogen-bond donors (Lipinski definition) is 0. The third kappa shape index (κ3) is 4.79. The Morgan fingerprint density at radius 3 is 2.21 bits per heavy atom. The fourth-order valence-corrected chi connectivity index (χ4v) is 5.17. The molecule has 3 rings (SSSR count). The number of morpholine rings is 1. The molecule has 0 aromatic heterocycles. The molecule has 3 heterocycles. The van der Waals surface area contributed by atoms with E-state index in [1.807, 2.05) is 11.8 Å². The molecule has 2 unspecified atom stereocenters. The topological polar surface area (TPSA) is 62.3 Å². The lowest BCUT2D eigenvalue weighted by atomic mass is 9.88. The molecule has 0 N–H and O–H groups in total. The second kappa shape index (κ2) is 9.44. The van der Waals surface area contributed by atoms with Crippen LogP contribution in [0.25, 0.3) is 0 Å². The fraction of sp³-hybridized carbons (Fsp3) is 0.905. The maximum Gasteiger partial charge on any atom is 0.410 e. The minimum Gasteiger partial charge on any atom is -0.450 e. The quantitative estimate of drug-likeness (QED) is 0.715. The molecular formula is C21H37N3O4. The Bertz CT molecular complexity index is 534. The van der Waals surface area contributed by atoms with Gasteiger partial charge in [-0.3, -0.25) is 9.69 Å². The number of nitrogens with zero attached hydrogens (tertiary/aromatic N) is 3. The van der Waals surface area contributed by atoms with E-state index in [1.165, 1.54) is 0 Å². The van der Waals surface area contributed by atoms with Gasteiger partial charge in [0.2, 0.25) is 5.91 Å². The van der Waals surface area contributed by atoms with Gasteiger partial charge in [-0.2, -0.15) is 0 Å². The zero-order valence-electron chi connectivity index (χ0n) is 17.9. The maximum atomic E-state index is 12.4.